The van der Waals surface area contributed by atoms with E-state index in [2.05, 4.69) is 0 Å². The Morgan fingerprint density at radius 1 is 0.619 bits per heavy atom. The predicted molar refractivity (Wildman–Crippen MR) is 85.5 cm³/mol. The lowest BCUT2D eigenvalue weighted by molar-refractivity contribution is 0.478. The molecule has 3 N–H and O–H groups in total. The third-order valence-electron chi connectivity index (χ3n) is 2.66. The van der Waals surface area contributed by atoms with Crippen molar-refractivity contribution in [3.8, 4) is 17.2 Å². The van der Waals surface area contributed by atoms with Gasteiger partial charge in [-0.3, -0.25) is 0 Å². The van der Waals surface area contributed by atoms with E-state index in [9.17, 15) is 0 Å². The number of anilines is 1. The smallest absolute Gasteiger partial charge is 0.138 e. The summed E-state index contributed by atoms with van der Waals surface area (Å²) in [6.45, 7) is 0. The van der Waals surface area contributed by atoms with Crippen molar-refractivity contribution in [2.45, 2.75) is 0 Å². The van der Waals surface area contributed by atoms with Crippen LogP contribution in [-0.2, 0) is 0 Å². The molecule has 3 nitrogen and oxygen atoms in total. The van der Waals surface area contributed by atoms with Gasteiger partial charge in [0.1, 0.15) is 17.2 Å². The fourth-order valence-electron chi connectivity index (χ4n) is 1.60. The van der Waals surface area contributed by atoms with Crippen LogP contribution in [0.15, 0.2) is 84.9 Å². The second-order valence-corrected chi connectivity index (χ2v) is 4.29. The molecule has 0 aliphatic heterocycles. The molecule has 0 fully saturated rings. The molecule has 0 bridgehead atoms. The van der Waals surface area contributed by atoms with E-state index in [1.807, 2.05) is 60.7 Å². The first-order valence-corrected chi connectivity index (χ1v) is 6.57. The molecule has 0 aromatic heterocycles. The zero-order valence-corrected chi connectivity index (χ0v) is 11.5. The van der Waals surface area contributed by atoms with Gasteiger partial charge >= 0.3 is 0 Å². The van der Waals surface area contributed by atoms with E-state index in [0.717, 1.165) is 11.5 Å². The molecule has 3 aromatic rings. The van der Waals surface area contributed by atoms with Crippen LogP contribution in [-0.4, -0.2) is 5.11 Å². The summed E-state index contributed by atoms with van der Waals surface area (Å²) in [5.41, 5.74) is 5.69. The van der Waals surface area contributed by atoms with Crippen molar-refractivity contribution in [1.82, 2.24) is 0 Å². The molecule has 0 radical (unpaired) electrons. The molecule has 0 saturated carbocycles. The van der Waals surface area contributed by atoms with Crippen molar-refractivity contribution in [2.75, 3.05) is 5.73 Å². The molecule has 0 aliphatic rings. The summed E-state index contributed by atoms with van der Waals surface area (Å²) in [5.74, 6) is 1.88. The van der Waals surface area contributed by atoms with Gasteiger partial charge in [0, 0.05) is 0 Å². The first-order valence-electron chi connectivity index (χ1n) is 6.57. The summed E-state index contributed by atoms with van der Waals surface area (Å²) in [5, 5.41) is 8.79. The largest absolute Gasteiger partial charge is 0.506 e. The Bertz CT molecular complexity index is 596. The molecule has 0 amide bonds. The minimum absolute atomic E-state index is 0.146. The average Bonchev–Trinajstić information content (AvgIpc) is 2.53. The number of rotatable bonds is 2. The van der Waals surface area contributed by atoms with Crippen LogP contribution in [0.5, 0.6) is 17.2 Å². The summed E-state index contributed by atoms with van der Waals surface area (Å²) in [4.78, 5) is 0. The number of nitrogen functional groups attached to an aromatic ring is 1. The van der Waals surface area contributed by atoms with Crippen molar-refractivity contribution in [3.63, 3.8) is 0 Å². The van der Waals surface area contributed by atoms with Gasteiger partial charge in [0.05, 0.1) is 5.69 Å². The molecule has 0 spiro atoms. The molecule has 0 atom stereocenters. The van der Waals surface area contributed by atoms with Gasteiger partial charge in [0.25, 0.3) is 0 Å². The van der Waals surface area contributed by atoms with Gasteiger partial charge in [-0.1, -0.05) is 48.5 Å². The second-order valence-electron chi connectivity index (χ2n) is 4.29. The first kappa shape index (κ1) is 14.5. The summed E-state index contributed by atoms with van der Waals surface area (Å²) in [7, 11) is 0. The van der Waals surface area contributed by atoms with E-state index in [1.165, 1.54) is 0 Å². The predicted octanol–water partition coefficient (Wildman–Crippen LogP) is 4.45. The highest BCUT2D eigenvalue weighted by Gasteiger charge is 1.92. The lowest BCUT2D eigenvalue weighted by atomic mass is 10.3. The van der Waals surface area contributed by atoms with E-state index >= 15 is 0 Å². The summed E-state index contributed by atoms with van der Waals surface area (Å²) < 4.78 is 5.58. The Balaban J connectivity index is 0.000000173. The summed E-state index contributed by atoms with van der Waals surface area (Å²) in [6.07, 6.45) is 0. The highest BCUT2D eigenvalue weighted by molar-refractivity contribution is 5.50. The molecule has 106 valence electrons. The lowest BCUT2D eigenvalue weighted by Crippen LogP contribution is -1.82. The third kappa shape index (κ3) is 4.91. The number of ether oxygens (including phenoxy) is 1. The maximum atomic E-state index is 8.79. The Morgan fingerprint density at radius 3 is 1.43 bits per heavy atom. The first-order chi connectivity index (χ1) is 10.3. The van der Waals surface area contributed by atoms with Crippen molar-refractivity contribution in [3.05, 3.63) is 84.9 Å². The standard InChI is InChI=1S/C12H10O.C6H7NO/c1-3-7-11(8-4-1)13-12-9-5-2-6-10-12;7-5-3-1-2-4-6(5)8/h1-10H;1-4,8H,7H2. The van der Waals surface area contributed by atoms with E-state index in [-0.39, 0.29) is 5.75 Å². The van der Waals surface area contributed by atoms with E-state index < -0.39 is 0 Å². The van der Waals surface area contributed by atoms with Crippen LogP contribution in [0.4, 0.5) is 5.69 Å². The van der Waals surface area contributed by atoms with Crippen LogP contribution in [0.3, 0.4) is 0 Å². The highest BCUT2D eigenvalue weighted by atomic mass is 16.5. The molecule has 0 aliphatic carbocycles. The number of hydrogen-bond donors (Lipinski definition) is 2. The number of hydrogen-bond acceptors (Lipinski definition) is 3. The molecule has 3 aromatic carbocycles. The zero-order chi connectivity index (χ0) is 14.9. The molecule has 0 heterocycles. The Morgan fingerprint density at radius 2 is 1.05 bits per heavy atom. The van der Waals surface area contributed by atoms with Crippen molar-refractivity contribution >= 4 is 5.69 Å². The second kappa shape index (κ2) is 7.60. The summed E-state index contributed by atoms with van der Waals surface area (Å²) >= 11 is 0. The highest BCUT2D eigenvalue weighted by Crippen LogP contribution is 2.19. The minimum atomic E-state index is 0.146. The number of aromatic hydroxyl groups is 1. The van der Waals surface area contributed by atoms with Gasteiger partial charge in [-0.15, -0.1) is 0 Å². The van der Waals surface area contributed by atoms with Crippen LogP contribution in [0, 0.1) is 0 Å². The Kier molecular flexibility index (Phi) is 5.24. The van der Waals surface area contributed by atoms with E-state index in [0.29, 0.717) is 5.69 Å². The molecular weight excluding hydrogens is 262 g/mol. The lowest BCUT2D eigenvalue weighted by Gasteiger charge is -2.03. The third-order valence-corrected chi connectivity index (χ3v) is 2.66. The van der Waals surface area contributed by atoms with Crippen LogP contribution in [0.1, 0.15) is 0 Å². The zero-order valence-electron chi connectivity index (χ0n) is 11.5. The van der Waals surface area contributed by atoms with Gasteiger partial charge in [0.2, 0.25) is 0 Å². The van der Waals surface area contributed by atoms with Crippen LogP contribution in [0.25, 0.3) is 0 Å². The average molecular weight is 279 g/mol. The quantitative estimate of drug-likeness (QED) is 0.538. The minimum Gasteiger partial charge on any atom is -0.506 e. The van der Waals surface area contributed by atoms with Gasteiger partial charge < -0.3 is 15.6 Å². The maximum Gasteiger partial charge on any atom is 0.138 e. The van der Waals surface area contributed by atoms with Crippen molar-refractivity contribution < 1.29 is 9.84 Å². The number of phenols is 1. The SMILES string of the molecule is Nc1ccccc1O.c1ccc(Oc2ccccc2)cc1. The fraction of sp³-hybridized carbons (Fsp3) is 0. The van der Waals surface area contributed by atoms with Crippen LogP contribution in [0.2, 0.25) is 0 Å². The summed E-state index contributed by atoms with van der Waals surface area (Å²) in [6, 6.07) is 26.2. The monoisotopic (exact) mass is 279 g/mol. The molecular formula is C18H17NO2. The van der Waals surface area contributed by atoms with Crippen LogP contribution < -0.4 is 10.5 Å². The van der Waals surface area contributed by atoms with Gasteiger partial charge in [-0.2, -0.15) is 0 Å². The van der Waals surface area contributed by atoms with Gasteiger partial charge in [-0.25, -0.2) is 0 Å². The maximum absolute atomic E-state index is 8.79. The molecule has 3 rings (SSSR count). The van der Waals surface area contributed by atoms with Gasteiger partial charge in [-0.05, 0) is 36.4 Å². The Hall–Kier alpha value is -2.94. The molecule has 0 saturated heterocycles. The van der Waals surface area contributed by atoms with Crippen molar-refractivity contribution in [2.24, 2.45) is 0 Å². The number of para-hydroxylation sites is 4. The van der Waals surface area contributed by atoms with E-state index in [4.69, 9.17) is 15.6 Å². The van der Waals surface area contributed by atoms with Crippen molar-refractivity contribution in [1.29, 1.82) is 0 Å². The van der Waals surface area contributed by atoms with Crippen LogP contribution >= 0.6 is 0 Å². The Labute approximate surface area is 124 Å². The fourth-order valence-corrected chi connectivity index (χ4v) is 1.60. The number of phenolic OH excluding ortho intramolecular Hbond substituents is 1. The van der Waals surface area contributed by atoms with E-state index in [1.54, 1.807) is 24.3 Å². The number of benzene rings is 3. The molecule has 0 unspecified atom stereocenters. The molecule has 21 heavy (non-hydrogen) atoms. The molecule has 3 heteroatoms. The topological polar surface area (TPSA) is 55.5 Å². The normalized spacial score (nSPS) is 9.33. The number of nitrogens with two attached hydrogens (primary N) is 1. The van der Waals surface area contributed by atoms with Gasteiger partial charge in [0.15, 0.2) is 0 Å².